The average Bonchev–Trinajstić information content (AvgIpc) is 2.03. The normalized spacial score (nSPS) is 11.7. The molecule has 1 aromatic rings. The molecule has 0 fully saturated rings. The first-order chi connectivity index (χ1) is 5.54. The molecular formula is C10H14FP. The molecule has 0 aromatic heterocycles. The highest BCUT2D eigenvalue weighted by Gasteiger charge is 2.17. The highest BCUT2D eigenvalue weighted by molar-refractivity contribution is 7.15. The van der Waals surface area contributed by atoms with Gasteiger partial charge >= 0.3 is 0 Å². The van der Waals surface area contributed by atoms with Crippen molar-refractivity contribution in [2.24, 2.45) is 0 Å². The number of hydrogen-bond acceptors (Lipinski definition) is 0. The smallest absolute Gasteiger partial charge is 0.130 e. The van der Waals surface area contributed by atoms with E-state index in [1.807, 2.05) is 24.3 Å². The van der Waals surface area contributed by atoms with Crippen LogP contribution in [-0.4, -0.2) is 0 Å². The summed E-state index contributed by atoms with van der Waals surface area (Å²) in [4.78, 5) is 0. The molecule has 0 N–H and O–H groups in total. The highest BCUT2D eigenvalue weighted by Crippen LogP contribution is 2.24. The van der Waals surface area contributed by atoms with Gasteiger partial charge in [0.25, 0.3) is 0 Å². The van der Waals surface area contributed by atoms with Gasteiger partial charge in [-0.05, 0) is 31.1 Å². The van der Waals surface area contributed by atoms with Crippen LogP contribution in [0.4, 0.5) is 4.39 Å². The molecule has 0 aliphatic rings. The summed E-state index contributed by atoms with van der Waals surface area (Å²) in [5.74, 6) is 0. The molecule has 0 aliphatic carbocycles. The Kier molecular flexibility index (Phi) is 2.85. The van der Waals surface area contributed by atoms with Gasteiger partial charge in [0.1, 0.15) is 5.67 Å². The van der Waals surface area contributed by atoms with E-state index in [2.05, 4.69) is 9.24 Å². The molecule has 0 spiro atoms. The van der Waals surface area contributed by atoms with Crippen molar-refractivity contribution in [3.63, 3.8) is 0 Å². The summed E-state index contributed by atoms with van der Waals surface area (Å²) in [7, 11) is 2.65. The maximum atomic E-state index is 13.4. The second-order valence-corrected chi connectivity index (χ2v) is 3.78. The zero-order valence-electron chi connectivity index (χ0n) is 7.47. The molecule has 1 rings (SSSR count). The number of benzene rings is 1. The standard InChI is InChI=1S/C10H14FP/c1-10(2,11)9-5-3-8(7-12)4-6-9/h3-6H,7,12H2,1-2H3. The topological polar surface area (TPSA) is 0 Å². The number of hydrogen-bond donors (Lipinski definition) is 0. The van der Waals surface area contributed by atoms with E-state index in [-0.39, 0.29) is 0 Å². The zero-order valence-corrected chi connectivity index (χ0v) is 8.63. The molecule has 1 unspecified atom stereocenters. The Morgan fingerprint density at radius 1 is 1.25 bits per heavy atom. The first-order valence-corrected chi connectivity index (χ1v) is 4.84. The van der Waals surface area contributed by atoms with Crippen LogP contribution in [0.1, 0.15) is 25.0 Å². The Balaban J connectivity index is 2.93. The Labute approximate surface area is 75.4 Å². The number of rotatable bonds is 2. The first kappa shape index (κ1) is 9.67. The van der Waals surface area contributed by atoms with E-state index >= 15 is 0 Å². The van der Waals surface area contributed by atoms with Gasteiger partial charge in [-0.2, -0.15) is 0 Å². The van der Waals surface area contributed by atoms with E-state index in [1.54, 1.807) is 13.8 Å². The Hall–Kier alpha value is -0.420. The lowest BCUT2D eigenvalue weighted by atomic mass is 9.99. The van der Waals surface area contributed by atoms with Crippen LogP contribution in [0.5, 0.6) is 0 Å². The third kappa shape index (κ3) is 2.28. The molecule has 0 radical (unpaired) electrons. The third-order valence-corrected chi connectivity index (χ3v) is 2.35. The summed E-state index contributed by atoms with van der Waals surface area (Å²) >= 11 is 0. The van der Waals surface area contributed by atoms with Crippen molar-refractivity contribution in [1.82, 2.24) is 0 Å². The van der Waals surface area contributed by atoms with E-state index in [9.17, 15) is 4.39 Å². The summed E-state index contributed by atoms with van der Waals surface area (Å²) in [6.07, 6.45) is 0.924. The molecule has 0 aliphatic heterocycles. The summed E-state index contributed by atoms with van der Waals surface area (Å²) < 4.78 is 13.4. The molecule has 1 atom stereocenters. The van der Waals surface area contributed by atoms with E-state index in [4.69, 9.17) is 0 Å². The zero-order chi connectivity index (χ0) is 9.19. The van der Waals surface area contributed by atoms with Gasteiger partial charge in [-0.15, -0.1) is 9.24 Å². The van der Waals surface area contributed by atoms with Gasteiger partial charge in [-0.25, -0.2) is 4.39 Å². The predicted molar refractivity (Wildman–Crippen MR) is 54.0 cm³/mol. The highest BCUT2D eigenvalue weighted by atomic mass is 31.0. The van der Waals surface area contributed by atoms with Crippen LogP contribution in [-0.2, 0) is 11.8 Å². The molecule has 12 heavy (non-hydrogen) atoms. The molecule has 0 saturated carbocycles. The Morgan fingerprint density at radius 2 is 1.75 bits per heavy atom. The van der Waals surface area contributed by atoms with E-state index in [1.165, 1.54) is 5.56 Å². The van der Waals surface area contributed by atoms with Gasteiger partial charge in [0.2, 0.25) is 0 Å². The minimum atomic E-state index is -1.22. The summed E-state index contributed by atoms with van der Waals surface area (Å²) in [6, 6.07) is 7.62. The van der Waals surface area contributed by atoms with Crippen molar-refractivity contribution < 1.29 is 4.39 Å². The lowest BCUT2D eigenvalue weighted by molar-refractivity contribution is 0.221. The second-order valence-electron chi connectivity index (χ2n) is 3.37. The maximum Gasteiger partial charge on any atom is 0.130 e. The van der Waals surface area contributed by atoms with Crippen molar-refractivity contribution in [3.05, 3.63) is 35.4 Å². The Morgan fingerprint density at radius 3 is 2.08 bits per heavy atom. The van der Waals surface area contributed by atoms with Crippen LogP contribution < -0.4 is 0 Å². The summed E-state index contributed by atoms with van der Waals surface area (Å²) in [6.45, 7) is 3.14. The predicted octanol–water partition coefficient (Wildman–Crippen LogP) is 3.27. The molecule has 1 aromatic carbocycles. The monoisotopic (exact) mass is 184 g/mol. The van der Waals surface area contributed by atoms with Crippen LogP contribution in [0.15, 0.2) is 24.3 Å². The molecule has 2 heteroatoms. The van der Waals surface area contributed by atoms with Crippen LogP contribution in [0.25, 0.3) is 0 Å². The molecule has 0 amide bonds. The van der Waals surface area contributed by atoms with Gasteiger partial charge < -0.3 is 0 Å². The number of alkyl halides is 1. The minimum absolute atomic E-state index is 0.740. The quantitative estimate of drug-likeness (QED) is 0.619. The van der Waals surface area contributed by atoms with E-state index in [0.29, 0.717) is 0 Å². The number of halogens is 1. The van der Waals surface area contributed by atoms with Gasteiger partial charge in [0, 0.05) is 0 Å². The van der Waals surface area contributed by atoms with E-state index in [0.717, 1.165) is 11.7 Å². The third-order valence-electron chi connectivity index (χ3n) is 1.88. The molecule has 0 heterocycles. The van der Waals surface area contributed by atoms with Crippen LogP contribution >= 0.6 is 9.24 Å². The summed E-state index contributed by atoms with van der Waals surface area (Å²) in [5.41, 5.74) is 0.733. The fourth-order valence-corrected chi connectivity index (χ4v) is 1.31. The van der Waals surface area contributed by atoms with Crippen molar-refractivity contribution in [3.8, 4) is 0 Å². The molecule has 66 valence electrons. The average molecular weight is 184 g/mol. The first-order valence-electron chi connectivity index (χ1n) is 4.02. The second kappa shape index (κ2) is 3.53. The lowest BCUT2D eigenvalue weighted by Gasteiger charge is -2.14. The summed E-state index contributed by atoms with van der Waals surface area (Å²) in [5, 5.41) is 0. The van der Waals surface area contributed by atoms with Crippen LogP contribution in [0.3, 0.4) is 0 Å². The fourth-order valence-electron chi connectivity index (χ4n) is 1.04. The van der Waals surface area contributed by atoms with Crippen molar-refractivity contribution in [2.45, 2.75) is 25.7 Å². The van der Waals surface area contributed by atoms with Crippen molar-refractivity contribution >= 4 is 9.24 Å². The molecule has 0 saturated heterocycles. The van der Waals surface area contributed by atoms with E-state index < -0.39 is 5.67 Å². The van der Waals surface area contributed by atoms with Gasteiger partial charge in [-0.3, -0.25) is 0 Å². The SMILES string of the molecule is CC(C)(F)c1ccc(CP)cc1. The fraction of sp³-hybridized carbons (Fsp3) is 0.400. The van der Waals surface area contributed by atoms with Crippen molar-refractivity contribution in [2.75, 3.05) is 0 Å². The molecular weight excluding hydrogens is 170 g/mol. The molecule has 0 bridgehead atoms. The van der Waals surface area contributed by atoms with Crippen LogP contribution in [0.2, 0.25) is 0 Å². The van der Waals surface area contributed by atoms with Gasteiger partial charge in [-0.1, -0.05) is 24.3 Å². The molecule has 0 nitrogen and oxygen atoms in total. The largest absolute Gasteiger partial charge is 0.239 e. The minimum Gasteiger partial charge on any atom is -0.239 e. The van der Waals surface area contributed by atoms with Crippen molar-refractivity contribution in [1.29, 1.82) is 0 Å². The Bertz CT molecular complexity index is 246. The maximum absolute atomic E-state index is 13.4. The van der Waals surface area contributed by atoms with Gasteiger partial charge in [0.15, 0.2) is 0 Å². The lowest BCUT2D eigenvalue weighted by Crippen LogP contribution is -2.08. The van der Waals surface area contributed by atoms with Gasteiger partial charge in [0.05, 0.1) is 0 Å². The van der Waals surface area contributed by atoms with Crippen LogP contribution in [0, 0.1) is 0 Å².